The van der Waals surface area contributed by atoms with Gasteiger partial charge in [-0.3, -0.25) is 0 Å². The van der Waals surface area contributed by atoms with Crippen molar-refractivity contribution in [2.45, 2.75) is 6.42 Å². The smallest absolute Gasteiger partial charge is 1.00 e. The van der Waals surface area contributed by atoms with Crippen LogP contribution in [0.2, 0.25) is 10.0 Å². The van der Waals surface area contributed by atoms with Crippen LogP contribution in [0.5, 0.6) is 0 Å². The van der Waals surface area contributed by atoms with Gasteiger partial charge in [-0.15, -0.1) is 0 Å². The molecule has 0 saturated carbocycles. The van der Waals surface area contributed by atoms with Gasteiger partial charge in [-0.25, -0.2) is 4.79 Å². The molecule has 5 heteroatoms. The number of hydrogen-bond donors (Lipinski definition) is 1. The molecule has 0 heterocycles. The van der Waals surface area contributed by atoms with Crippen LogP contribution in [0.1, 0.15) is 18.1 Å². The van der Waals surface area contributed by atoms with E-state index in [2.05, 4.69) is 12.1 Å². The summed E-state index contributed by atoms with van der Waals surface area (Å²) in [4.78, 5) is 10.8. The van der Waals surface area contributed by atoms with Crippen LogP contribution < -0.4 is 29.6 Å². The standard InChI is InChI=1S/C20H14Cl2O2.Na.H/c21-18-6-3-14-9-13(1-2-16(14)11-18)10-15-4-7-19(22)12-17(15)5-8-20(23)24;;/h1-9,11-12H,10H2,(H,23,24);;/q;+1;-1/b8-5+;;. The molecule has 0 amide bonds. The maximum absolute atomic E-state index is 10.8. The Morgan fingerprint density at radius 1 is 0.960 bits per heavy atom. The van der Waals surface area contributed by atoms with Crippen molar-refractivity contribution >= 4 is 46.0 Å². The Labute approximate surface area is 179 Å². The molecule has 122 valence electrons. The molecule has 3 rings (SSSR count). The molecule has 0 aliphatic rings. The SMILES string of the molecule is O=C(O)/C=C/c1cc(Cl)ccc1Cc1ccc2cc(Cl)ccc2c1.[H-].[Na+]. The monoisotopic (exact) mass is 380 g/mol. The molecule has 0 atom stereocenters. The van der Waals surface area contributed by atoms with E-state index in [4.69, 9.17) is 28.3 Å². The van der Waals surface area contributed by atoms with Crippen molar-refractivity contribution in [1.82, 2.24) is 0 Å². The van der Waals surface area contributed by atoms with Gasteiger partial charge in [-0.2, -0.15) is 0 Å². The second-order valence-corrected chi connectivity index (χ2v) is 6.39. The maximum atomic E-state index is 10.8. The van der Waals surface area contributed by atoms with E-state index in [0.29, 0.717) is 16.5 Å². The van der Waals surface area contributed by atoms with E-state index >= 15 is 0 Å². The Hall–Kier alpha value is -1.29. The van der Waals surface area contributed by atoms with Gasteiger partial charge in [0.15, 0.2) is 0 Å². The molecule has 0 radical (unpaired) electrons. The number of hydrogen-bond acceptors (Lipinski definition) is 1. The Balaban J connectivity index is 0.00000169. The molecule has 0 saturated heterocycles. The predicted molar refractivity (Wildman–Crippen MR) is 101 cm³/mol. The molecule has 0 bridgehead atoms. The van der Waals surface area contributed by atoms with Crippen LogP contribution >= 0.6 is 23.2 Å². The topological polar surface area (TPSA) is 37.3 Å². The normalized spacial score (nSPS) is 10.8. The Kier molecular flexibility index (Phi) is 7.12. The van der Waals surface area contributed by atoms with Gasteiger partial charge in [-0.05, 0) is 64.2 Å². The van der Waals surface area contributed by atoms with E-state index in [9.17, 15) is 4.79 Å². The molecule has 0 spiro atoms. The first-order valence-electron chi connectivity index (χ1n) is 7.39. The largest absolute Gasteiger partial charge is 1.00 e. The van der Waals surface area contributed by atoms with Gasteiger partial charge >= 0.3 is 35.5 Å². The molecule has 3 aromatic carbocycles. The number of carbonyl (C=O) groups is 1. The Morgan fingerprint density at radius 3 is 2.36 bits per heavy atom. The average Bonchev–Trinajstić information content (AvgIpc) is 2.55. The summed E-state index contributed by atoms with van der Waals surface area (Å²) in [7, 11) is 0. The molecule has 0 unspecified atom stereocenters. The number of carboxylic acids is 1. The molecule has 0 aromatic heterocycles. The van der Waals surface area contributed by atoms with Gasteiger partial charge in [0.25, 0.3) is 0 Å². The molecular formula is C20H15Cl2NaO2. The maximum Gasteiger partial charge on any atom is 1.00 e. The third-order valence-corrected chi connectivity index (χ3v) is 4.24. The fourth-order valence-corrected chi connectivity index (χ4v) is 3.00. The zero-order valence-electron chi connectivity index (χ0n) is 14.7. The molecule has 0 aliphatic carbocycles. The third-order valence-electron chi connectivity index (χ3n) is 3.77. The number of rotatable bonds is 4. The second kappa shape index (κ2) is 8.88. The second-order valence-electron chi connectivity index (χ2n) is 5.52. The number of aliphatic carboxylic acids is 1. The van der Waals surface area contributed by atoms with Gasteiger partial charge in [0.05, 0.1) is 0 Å². The Morgan fingerprint density at radius 2 is 1.60 bits per heavy atom. The van der Waals surface area contributed by atoms with Gasteiger partial charge in [0, 0.05) is 16.1 Å². The summed E-state index contributed by atoms with van der Waals surface area (Å²) in [5.41, 5.74) is 2.96. The fraction of sp³-hybridized carbons (Fsp3) is 0.0500. The number of fused-ring (bicyclic) bond motifs is 1. The van der Waals surface area contributed by atoms with E-state index in [1.165, 1.54) is 0 Å². The summed E-state index contributed by atoms with van der Waals surface area (Å²) in [5, 5.41) is 12.3. The molecule has 1 N–H and O–H groups in total. The first-order chi connectivity index (χ1) is 11.5. The van der Waals surface area contributed by atoms with E-state index < -0.39 is 5.97 Å². The van der Waals surface area contributed by atoms with Crippen LogP contribution in [0.4, 0.5) is 0 Å². The van der Waals surface area contributed by atoms with Crippen LogP contribution in [-0.4, -0.2) is 11.1 Å². The summed E-state index contributed by atoms with van der Waals surface area (Å²) in [6.45, 7) is 0. The van der Waals surface area contributed by atoms with Crippen LogP contribution in [-0.2, 0) is 11.2 Å². The van der Waals surface area contributed by atoms with Gasteiger partial charge in [0.2, 0.25) is 0 Å². The molecule has 0 fully saturated rings. The van der Waals surface area contributed by atoms with Crippen molar-refractivity contribution in [2.24, 2.45) is 0 Å². The van der Waals surface area contributed by atoms with Crippen LogP contribution in [0.15, 0.2) is 60.7 Å². The van der Waals surface area contributed by atoms with E-state index in [0.717, 1.165) is 33.5 Å². The van der Waals surface area contributed by atoms with E-state index in [-0.39, 0.29) is 31.0 Å². The summed E-state index contributed by atoms with van der Waals surface area (Å²) < 4.78 is 0. The summed E-state index contributed by atoms with van der Waals surface area (Å²) >= 11 is 12.1. The van der Waals surface area contributed by atoms with Crippen molar-refractivity contribution in [3.05, 3.63) is 87.4 Å². The van der Waals surface area contributed by atoms with Gasteiger partial charge in [0.1, 0.15) is 0 Å². The van der Waals surface area contributed by atoms with Crippen molar-refractivity contribution in [3.63, 3.8) is 0 Å². The first-order valence-corrected chi connectivity index (χ1v) is 8.14. The fourth-order valence-electron chi connectivity index (χ4n) is 2.64. The van der Waals surface area contributed by atoms with Crippen molar-refractivity contribution in [1.29, 1.82) is 0 Å². The average molecular weight is 381 g/mol. The zero-order chi connectivity index (χ0) is 17.1. The minimum atomic E-state index is -0.983. The third kappa shape index (κ3) is 5.34. The van der Waals surface area contributed by atoms with Crippen molar-refractivity contribution in [3.8, 4) is 0 Å². The number of carboxylic acid groups (broad SMARTS) is 1. The van der Waals surface area contributed by atoms with Gasteiger partial charge < -0.3 is 6.53 Å². The number of halogens is 2. The van der Waals surface area contributed by atoms with Crippen LogP contribution in [0.25, 0.3) is 16.8 Å². The molecule has 0 aliphatic heterocycles. The van der Waals surface area contributed by atoms with E-state index in [1.807, 2.05) is 36.4 Å². The predicted octanol–water partition coefficient (Wildman–Crippen LogP) is 2.95. The molecule has 2 nitrogen and oxygen atoms in total. The summed E-state index contributed by atoms with van der Waals surface area (Å²) in [6.07, 6.45) is 3.39. The zero-order valence-corrected chi connectivity index (χ0v) is 17.2. The number of benzene rings is 3. The molecule has 3 aromatic rings. The van der Waals surface area contributed by atoms with Crippen LogP contribution in [0, 0.1) is 0 Å². The first kappa shape index (κ1) is 20.0. The minimum absolute atomic E-state index is 0. The molecule has 25 heavy (non-hydrogen) atoms. The van der Waals surface area contributed by atoms with E-state index in [1.54, 1.807) is 12.1 Å². The van der Waals surface area contributed by atoms with Crippen molar-refractivity contribution < 1.29 is 40.9 Å². The van der Waals surface area contributed by atoms with Crippen molar-refractivity contribution in [2.75, 3.05) is 0 Å². The van der Waals surface area contributed by atoms with Crippen LogP contribution in [0.3, 0.4) is 0 Å². The minimum Gasteiger partial charge on any atom is -1.00 e. The summed E-state index contributed by atoms with van der Waals surface area (Å²) in [5.74, 6) is -0.983. The van der Waals surface area contributed by atoms with Gasteiger partial charge in [-0.1, -0.05) is 53.5 Å². The molecular weight excluding hydrogens is 366 g/mol. The quantitative estimate of drug-likeness (QED) is 0.558. The summed E-state index contributed by atoms with van der Waals surface area (Å²) in [6, 6.07) is 17.5. The Bertz CT molecular complexity index is 958.